The lowest BCUT2D eigenvalue weighted by Gasteiger charge is -2.28. The fourth-order valence-electron chi connectivity index (χ4n) is 5.74. The summed E-state index contributed by atoms with van der Waals surface area (Å²) in [5, 5.41) is 19.4. The van der Waals surface area contributed by atoms with E-state index in [1.807, 2.05) is 12.1 Å². The van der Waals surface area contributed by atoms with Crippen LogP contribution in [0.15, 0.2) is 158 Å². The van der Waals surface area contributed by atoms with Crippen molar-refractivity contribution in [3.05, 3.63) is 163 Å². The van der Waals surface area contributed by atoms with Crippen molar-refractivity contribution in [2.24, 2.45) is 0 Å². The Kier molecular flexibility index (Phi) is 10.5. The molecule has 0 radical (unpaired) electrons. The molecule has 3 heteroatoms. The summed E-state index contributed by atoms with van der Waals surface area (Å²) in [6, 6.07) is 55.9. The van der Waals surface area contributed by atoms with Crippen LogP contribution in [0.5, 0.6) is 5.75 Å². The molecule has 6 aromatic rings. The second kappa shape index (κ2) is 15.3. The quantitative estimate of drug-likeness (QED) is 0.169. The maximum absolute atomic E-state index is 11.8. The van der Waals surface area contributed by atoms with E-state index in [0.29, 0.717) is 5.75 Å². The fourth-order valence-corrected chi connectivity index (χ4v) is 10.7. The van der Waals surface area contributed by atoms with Crippen molar-refractivity contribution >= 4 is 47.7 Å². The Morgan fingerprint density at radius 1 is 0.422 bits per heavy atom. The molecule has 224 valence electrons. The molecule has 0 unspecified atom stereocenters. The Labute approximate surface area is 271 Å². The zero-order valence-corrected chi connectivity index (χ0v) is 27.7. The smallest absolute Gasteiger partial charge is 0.124 e. The molecule has 0 saturated heterocycles. The molecule has 1 aliphatic rings. The summed E-state index contributed by atoms with van der Waals surface area (Å²) in [4.78, 5) is 0. The molecule has 0 bridgehead atoms. The van der Waals surface area contributed by atoms with Crippen molar-refractivity contribution in [3.63, 3.8) is 0 Å². The van der Waals surface area contributed by atoms with Gasteiger partial charge < -0.3 is 5.11 Å². The van der Waals surface area contributed by atoms with Gasteiger partial charge in [0, 0.05) is 5.56 Å². The molecule has 1 aliphatic carbocycles. The van der Waals surface area contributed by atoms with Crippen molar-refractivity contribution in [2.75, 3.05) is 0 Å². The summed E-state index contributed by atoms with van der Waals surface area (Å²) in [6.45, 7) is 2.22. The van der Waals surface area contributed by atoms with Crippen LogP contribution in [-0.2, 0) is 6.42 Å². The summed E-state index contributed by atoms with van der Waals surface area (Å²) >= 11 is 0. The highest BCUT2D eigenvalue weighted by Gasteiger charge is 2.28. The largest absolute Gasteiger partial charge is 0.507 e. The van der Waals surface area contributed by atoms with E-state index in [1.165, 1.54) is 68.6 Å². The van der Waals surface area contributed by atoms with Crippen LogP contribution in [0.25, 0.3) is 11.1 Å². The van der Waals surface area contributed by atoms with E-state index in [2.05, 4.69) is 153 Å². The third-order valence-electron chi connectivity index (χ3n) is 8.32. The number of phenolic OH excluding ortho intramolecular Hbond substituents is 1. The average molecular weight is 623 g/mol. The van der Waals surface area contributed by atoms with Gasteiger partial charge >= 0.3 is 0 Å². The third kappa shape index (κ3) is 7.12. The lowest BCUT2D eigenvalue weighted by atomic mass is 9.97. The predicted octanol–water partition coefficient (Wildman–Crippen LogP) is 8.70. The van der Waals surface area contributed by atoms with Gasteiger partial charge in [-0.3, -0.25) is 0 Å². The van der Waals surface area contributed by atoms with Crippen LogP contribution in [0.1, 0.15) is 38.2 Å². The van der Waals surface area contributed by atoms with Crippen molar-refractivity contribution in [1.82, 2.24) is 0 Å². The maximum atomic E-state index is 11.8. The zero-order chi connectivity index (χ0) is 30.8. The van der Waals surface area contributed by atoms with E-state index in [9.17, 15) is 5.11 Å². The molecule has 1 saturated carbocycles. The number of rotatable bonds is 8. The van der Waals surface area contributed by atoms with Gasteiger partial charge in [-0.05, 0) is 71.3 Å². The van der Waals surface area contributed by atoms with Gasteiger partial charge in [0.25, 0.3) is 0 Å². The Morgan fingerprint density at radius 3 is 1.13 bits per heavy atom. The van der Waals surface area contributed by atoms with Crippen LogP contribution in [-0.4, -0.2) is 5.11 Å². The van der Waals surface area contributed by atoms with Crippen LogP contribution >= 0.6 is 15.8 Å². The molecule has 0 atom stereocenters. The molecule has 0 amide bonds. The average Bonchev–Trinajstić information content (AvgIpc) is 3.07. The lowest BCUT2D eigenvalue weighted by molar-refractivity contribution is 0.478. The standard InChI is InChI=1S/C38H32OP2.C4H8/c1-2-29-17-15-27-35(40(30-18-7-3-8-19-30)31-20-9-4-10-21-31)37(29)38-34(39)26-16-28-36(38)41(32-22-11-5-12-23-32)33-24-13-6-14-25-33;1-2-4-3-1/h3-28,39H,2H2,1H3;1-4H2. The van der Waals surface area contributed by atoms with E-state index in [-0.39, 0.29) is 0 Å². The molecule has 7 rings (SSSR count). The number of aryl methyl sites for hydroxylation is 1. The number of phenols is 1. The minimum absolute atomic E-state index is 0.333. The van der Waals surface area contributed by atoms with E-state index >= 15 is 0 Å². The Bertz CT molecular complexity index is 1700. The van der Waals surface area contributed by atoms with Crippen molar-refractivity contribution in [3.8, 4) is 16.9 Å². The van der Waals surface area contributed by atoms with Gasteiger partial charge in [0.2, 0.25) is 0 Å². The first-order valence-corrected chi connectivity index (χ1v) is 18.7. The summed E-state index contributed by atoms with van der Waals surface area (Å²) < 4.78 is 0. The Hall–Kier alpha value is -4.02. The van der Waals surface area contributed by atoms with Crippen molar-refractivity contribution in [2.45, 2.75) is 39.0 Å². The zero-order valence-electron chi connectivity index (χ0n) is 25.9. The van der Waals surface area contributed by atoms with E-state index in [0.717, 1.165) is 12.0 Å². The van der Waals surface area contributed by atoms with Gasteiger partial charge in [0.15, 0.2) is 0 Å². The van der Waals surface area contributed by atoms with Crippen LogP contribution in [0.2, 0.25) is 0 Å². The van der Waals surface area contributed by atoms with Gasteiger partial charge in [-0.25, -0.2) is 0 Å². The van der Waals surface area contributed by atoms with Gasteiger partial charge in [0.1, 0.15) is 5.75 Å². The molecule has 1 nitrogen and oxygen atoms in total. The molecule has 1 fully saturated rings. The van der Waals surface area contributed by atoms with Gasteiger partial charge in [-0.2, -0.15) is 0 Å². The normalized spacial score (nSPS) is 12.3. The Morgan fingerprint density at radius 2 is 0.778 bits per heavy atom. The SMILES string of the molecule is C1CCC1.CCc1cccc(P(c2ccccc2)c2ccccc2)c1-c1c(O)cccc1P(c1ccccc1)c1ccccc1. The summed E-state index contributed by atoms with van der Waals surface area (Å²) in [7, 11) is -1.79. The topological polar surface area (TPSA) is 20.2 Å². The first-order chi connectivity index (χ1) is 22.3. The van der Waals surface area contributed by atoms with Gasteiger partial charge in [0.05, 0.1) is 0 Å². The predicted molar refractivity (Wildman–Crippen MR) is 199 cm³/mol. The van der Waals surface area contributed by atoms with E-state index in [1.54, 1.807) is 0 Å². The molecule has 6 aromatic carbocycles. The Balaban J connectivity index is 0.000000828. The van der Waals surface area contributed by atoms with E-state index in [4.69, 9.17) is 0 Å². The summed E-state index contributed by atoms with van der Waals surface area (Å²) in [5.41, 5.74) is 3.38. The molecule has 0 spiro atoms. The first-order valence-electron chi connectivity index (χ1n) is 16.0. The molecule has 0 heterocycles. The third-order valence-corrected chi connectivity index (χ3v) is 13.3. The van der Waals surface area contributed by atoms with Crippen LogP contribution < -0.4 is 31.8 Å². The van der Waals surface area contributed by atoms with Gasteiger partial charge in [-0.15, -0.1) is 0 Å². The monoisotopic (exact) mass is 622 g/mol. The van der Waals surface area contributed by atoms with Crippen LogP contribution in [0.4, 0.5) is 0 Å². The highest BCUT2D eigenvalue weighted by molar-refractivity contribution is 7.80. The van der Waals surface area contributed by atoms with Crippen LogP contribution in [0, 0.1) is 0 Å². The van der Waals surface area contributed by atoms with E-state index < -0.39 is 15.8 Å². The minimum Gasteiger partial charge on any atom is -0.507 e. The number of hydrogen-bond acceptors (Lipinski definition) is 1. The molecular formula is C42H40OP2. The fraction of sp³-hybridized carbons (Fsp3) is 0.143. The number of hydrogen-bond donors (Lipinski definition) is 1. The minimum atomic E-state index is -0.917. The number of aromatic hydroxyl groups is 1. The second-order valence-corrected chi connectivity index (χ2v) is 15.6. The molecule has 1 N–H and O–H groups in total. The molecular weight excluding hydrogens is 582 g/mol. The molecule has 45 heavy (non-hydrogen) atoms. The molecule has 0 aliphatic heterocycles. The van der Waals surface area contributed by atoms with Crippen LogP contribution in [0.3, 0.4) is 0 Å². The lowest BCUT2D eigenvalue weighted by Crippen LogP contribution is -2.26. The first kappa shape index (κ1) is 31.0. The highest BCUT2D eigenvalue weighted by atomic mass is 31.1. The summed E-state index contributed by atoms with van der Waals surface area (Å²) in [6.07, 6.45) is 6.87. The summed E-state index contributed by atoms with van der Waals surface area (Å²) in [5.74, 6) is 0.333. The number of benzene rings is 6. The van der Waals surface area contributed by atoms with Gasteiger partial charge in [-0.1, -0.05) is 184 Å². The molecule has 0 aromatic heterocycles. The van der Waals surface area contributed by atoms with Crippen molar-refractivity contribution < 1.29 is 5.11 Å². The maximum Gasteiger partial charge on any atom is 0.124 e. The van der Waals surface area contributed by atoms with Crippen molar-refractivity contribution in [1.29, 1.82) is 0 Å². The second-order valence-electron chi connectivity index (χ2n) is 11.3. The highest BCUT2D eigenvalue weighted by Crippen LogP contribution is 2.44.